The first-order valence-corrected chi connectivity index (χ1v) is 7.62. The Morgan fingerprint density at radius 1 is 1.21 bits per heavy atom. The molecule has 1 aromatic carbocycles. The second-order valence-corrected chi connectivity index (χ2v) is 5.91. The highest BCUT2D eigenvalue weighted by molar-refractivity contribution is 7.10. The van der Waals surface area contributed by atoms with E-state index in [1.54, 1.807) is 11.3 Å². The fourth-order valence-electron chi connectivity index (χ4n) is 2.55. The van der Waals surface area contributed by atoms with Gasteiger partial charge in [-0.05, 0) is 60.4 Å². The highest BCUT2D eigenvalue weighted by atomic mass is 32.1. The molecule has 0 saturated heterocycles. The summed E-state index contributed by atoms with van der Waals surface area (Å²) < 4.78 is 0. The summed E-state index contributed by atoms with van der Waals surface area (Å²) in [5, 5.41) is 2.16. The zero-order valence-corrected chi connectivity index (χ0v) is 12.7. The summed E-state index contributed by atoms with van der Waals surface area (Å²) >= 11 is 1.80. The van der Waals surface area contributed by atoms with Gasteiger partial charge in [0.05, 0.1) is 6.04 Å². The molecule has 0 saturated carbocycles. The molecule has 1 heterocycles. The van der Waals surface area contributed by atoms with Crippen LogP contribution in [0.15, 0.2) is 29.6 Å². The van der Waals surface area contributed by atoms with Crippen molar-refractivity contribution in [2.75, 3.05) is 0 Å². The van der Waals surface area contributed by atoms with E-state index in [9.17, 15) is 0 Å². The minimum atomic E-state index is 0.203. The van der Waals surface area contributed by atoms with Crippen molar-refractivity contribution in [3.05, 3.63) is 56.8 Å². The van der Waals surface area contributed by atoms with Gasteiger partial charge in [0.25, 0.3) is 0 Å². The summed E-state index contributed by atoms with van der Waals surface area (Å²) in [7, 11) is 0. The van der Waals surface area contributed by atoms with Crippen molar-refractivity contribution in [3.63, 3.8) is 0 Å². The first kappa shape index (κ1) is 14.3. The van der Waals surface area contributed by atoms with Crippen molar-refractivity contribution in [3.8, 4) is 0 Å². The smallest absolute Gasteiger partial charge is 0.0596 e. The molecule has 102 valence electrons. The molecule has 2 nitrogen and oxygen atoms in total. The molecule has 0 amide bonds. The molecule has 0 spiro atoms. The van der Waals surface area contributed by atoms with Crippen molar-refractivity contribution in [1.29, 1.82) is 0 Å². The minimum absolute atomic E-state index is 0.203. The molecule has 1 unspecified atom stereocenters. The molecule has 0 aliphatic heterocycles. The summed E-state index contributed by atoms with van der Waals surface area (Å²) in [6.45, 7) is 6.54. The van der Waals surface area contributed by atoms with Crippen LogP contribution in [0.5, 0.6) is 0 Å². The first-order valence-electron chi connectivity index (χ1n) is 6.74. The number of benzene rings is 1. The zero-order chi connectivity index (χ0) is 13.8. The predicted molar refractivity (Wildman–Crippen MR) is 83.4 cm³/mol. The number of nitrogens with two attached hydrogens (primary N) is 1. The quantitative estimate of drug-likeness (QED) is 0.645. The standard InChI is InChI=1S/C16H22N2S/c1-4-13-8-9-19-16(13)15(18-17)10-14-11(2)6-5-7-12(14)3/h5-9,15,18H,4,10,17H2,1-3H3. The van der Waals surface area contributed by atoms with E-state index < -0.39 is 0 Å². The van der Waals surface area contributed by atoms with Gasteiger partial charge in [-0.1, -0.05) is 25.1 Å². The lowest BCUT2D eigenvalue weighted by molar-refractivity contribution is 0.554. The molecule has 3 N–H and O–H groups in total. The summed E-state index contributed by atoms with van der Waals surface area (Å²) in [5.41, 5.74) is 8.48. The summed E-state index contributed by atoms with van der Waals surface area (Å²) in [6, 6.07) is 8.86. The van der Waals surface area contributed by atoms with Crippen molar-refractivity contribution < 1.29 is 0 Å². The van der Waals surface area contributed by atoms with E-state index in [0.717, 1.165) is 12.8 Å². The minimum Gasteiger partial charge on any atom is -0.271 e. The van der Waals surface area contributed by atoms with Crippen LogP contribution in [-0.4, -0.2) is 0 Å². The molecule has 0 aliphatic carbocycles. The van der Waals surface area contributed by atoms with Crippen molar-refractivity contribution in [2.45, 2.75) is 39.7 Å². The van der Waals surface area contributed by atoms with E-state index in [1.807, 2.05) is 0 Å². The Balaban J connectivity index is 2.29. The van der Waals surface area contributed by atoms with E-state index in [1.165, 1.54) is 27.1 Å². The highest BCUT2D eigenvalue weighted by Gasteiger charge is 2.17. The second-order valence-electron chi connectivity index (χ2n) is 4.96. The van der Waals surface area contributed by atoms with E-state index >= 15 is 0 Å². The van der Waals surface area contributed by atoms with Crippen molar-refractivity contribution in [2.24, 2.45) is 5.84 Å². The molecule has 19 heavy (non-hydrogen) atoms. The maximum absolute atomic E-state index is 5.79. The monoisotopic (exact) mass is 274 g/mol. The lowest BCUT2D eigenvalue weighted by Gasteiger charge is -2.19. The number of hydrogen-bond donors (Lipinski definition) is 2. The molecule has 0 aliphatic rings. The molecule has 0 bridgehead atoms. The average molecular weight is 274 g/mol. The average Bonchev–Trinajstić information content (AvgIpc) is 2.87. The number of rotatable bonds is 5. The topological polar surface area (TPSA) is 38.0 Å². The fraction of sp³-hybridized carbons (Fsp3) is 0.375. The molecule has 1 atom stereocenters. The second kappa shape index (κ2) is 6.33. The van der Waals surface area contributed by atoms with Gasteiger partial charge in [0.2, 0.25) is 0 Å². The van der Waals surface area contributed by atoms with Gasteiger partial charge in [-0.15, -0.1) is 11.3 Å². The van der Waals surface area contributed by atoms with Crippen LogP contribution >= 0.6 is 11.3 Å². The Labute approximate surface area is 119 Å². The first-order chi connectivity index (χ1) is 9.17. The maximum Gasteiger partial charge on any atom is 0.0596 e. The molecule has 2 aromatic rings. The van der Waals surface area contributed by atoms with Gasteiger partial charge in [0.1, 0.15) is 0 Å². The summed E-state index contributed by atoms with van der Waals surface area (Å²) in [6.07, 6.45) is 2.01. The Bertz CT molecular complexity index is 525. The van der Waals surface area contributed by atoms with Gasteiger partial charge in [-0.3, -0.25) is 11.3 Å². The van der Waals surface area contributed by atoms with E-state index in [4.69, 9.17) is 5.84 Å². The van der Waals surface area contributed by atoms with Crippen LogP contribution in [0.4, 0.5) is 0 Å². The Kier molecular flexibility index (Phi) is 4.75. The number of nitrogens with one attached hydrogen (secondary N) is 1. The zero-order valence-electron chi connectivity index (χ0n) is 11.9. The summed E-state index contributed by atoms with van der Waals surface area (Å²) in [5.74, 6) is 5.79. The molecule has 0 fully saturated rings. The maximum atomic E-state index is 5.79. The number of hydrazine groups is 1. The fourth-order valence-corrected chi connectivity index (χ4v) is 3.61. The number of hydrogen-bond acceptors (Lipinski definition) is 3. The number of thiophene rings is 1. The lowest BCUT2D eigenvalue weighted by Crippen LogP contribution is -2.30. The molecular formula is C16H22N2S. The Morgan fingerprint density at radius 3 is 2.47 bits per heavy atom. The van der Waals surface area contributed by atoms with Crippen LogP contribution in [0, 0.1) is 13.8 Å². The summed E-state index contributed by atoms with van der Waals surface area (Å²) in [4.78, 5) is 1.37. The van der Waals surface area contributed by atoms with Crippen LogP contribution in [0.2, 0.25) is 0 Å². The SMILES string of the molecule is CCc1ccsc1C(Cc1c(C)cccc1C)NN. The largest absolute Gasteiger partial charge is 0.271 e. The van der Waals surface area contributed by atoms with Gasteiger partial charge >= 0.3 is 0 Å². The highest BCUT2D eigenvalue weighted by Crippen LogP contribution is 2.29. The van der Waals surface area contributed by atoms with Crippen LogP contribution in [0.3, 0.4) is 0 Å². The van der Waals surface area contributed by atoms with Gasteiger partial charge in [-0.25, -0.2) is 0 Å². The van der Waals surface area contributed by atoms with Crippen molar-refractivity contribution in [1.82, 2.24) is 5.43 Å². The third-order valence-electron chi connectivity index (χ3n) is 3.73. The van der Waals surface area contributed by atoms with Crippen LogP contribution < -0.4 is 11.3 Å². The third-order valence-corrected chi connectivity index (χ3v) is 4.80. The number of aryl methyl sites for hydroxylation is 3. The Hall–Kier alpha value is -1.16. The molecule has 1 aromatic heterocycles. The van der Waals surface area contributed by atoms with Crippen LogP contribution in [0.1, 0.15) is 40.1 Å². The van der Waals surface area contributed by atoms with Crippen LogP contribution in [0.25, 0.3) is 0 Å². The van der Waals surface area contributed by atoms with Gasteiger partial charge in [0.15, 0.2) is 0 Å². The molecule has 0 radical (unpaired) electrons. The molecular weight excluding hydrogens is 252 g/mol. The molecule has 3 heteroatoms. The van der Waals surface area contributed by atoms with Gasteiger partial charge in [0, 0.05) is 4.88 Å². The lowest BCUT2D eigenvalue weighted by atomic mass is 9.95. The van der Waals surface area contributed by atoms with Crippen molar-refractivity contribution >= 4 is 11.3 Å². The Morgan fingerprint density at radius 2 is 1.89 bits per heavy atom. The third kappa shape index (κ3) is 3.06. The van der Waals surface area contributed by atoms with E-state index in [-0.39, 0.29) is 6.04 Å². The van der Waals surface area contributed by atoms with Gasteiger partial charge < -0.3 is 0 Å². The molecule has 2 rings (SSSR count). The van der Waals surface area contributed by atoms with Gasteiger partial charge in [-0.2, -0.15) is 0 Å². The predicted octanol–water partition coefficient (Wildman–Crippen LogP) is 3.67. The normalized spacial score (nSPS) is 12.6. The van der Waals surface area contributed by atoms with Crippen LogP contribution in [-0.2, 0) is 12.8 Å². The van der Waals surface area contributed by atoms with E-state index in [0.29, 0.717) is 0 Å². The van der Waals surface area contributed by atoms with E-state index in [2.05, 4.69) is 55.8 Å².